The molecular formula is C26H22FNO7. The van der Waals surface area contributed by atoms with Gasteiger partial charge in [-0.05, 0) is 50.2 Å². The summed E-state index contributed by atoms with van der Waals surface area (Å²) in [4.78, 5) is 50.4. The van der Waals surface area contributed by atoms with Gasteiger partial charge in [0, 0.05) is 0 Å². The number of halogens is 1. The third kappa shape index (κ3) is 6.50. The van der Waals surface area contributed by atoms with Crippen LogP contribution in [0.2, 0.25) is 0 Å². The van der Waals surface area contributed by atoms with Gasteiger partial charge in [0.15, 0.2) is 0 Å². The fourth-order valence-corrected chi connectivity index (χ4v) is 3.17. The first-order valence-electron chi connectivity index (χ1n) is 10.5. The Morgan fingerprint density at radius 1 is 0.771 bits per heavy atom. The minimum absolute atomic E-state index is 0.0366. The van der Waals surface area contributed by atoms with Gasteiger partial charge in [-0.15, -0.1) is 0 Å². The Balaban J connectivity index is 1.93. The van der Waals surface area contributed by atoms with Crippen LogP contribution in [0.1, 0.15) is 31.8 Å². The number of carboxylic acids is 1. The summed E-state index contributed by atoms with van der Waals surface area (Å²) in [5, 5.41) is 12.0. The summed E-state index contributed by atoms with van der Waals surface area (Å²) in [5.74, 6) is -5.80. The van der Waals surface area contributed by atoms with Crippen molar-refractivity contribution in [3.05, 3.63) is 101 Å². The highest BCUT2D eigenvalue weighted by Gasteiger charge is 2.41. The van der Waals surface area contributed by atoms with Crippen molar-refractivity contribution in [2.75, 3.05) is 5.32 Å². The van der Waals surface area contributed by atoms with E-state index in [2.05, 4.69) is 5.32 Å². The van der Waals surface area contributed by atoms with Crippen LogP contribution in [-0.4, -0.2) is 41.1 Å². The monoisotopic (exact) mass is 479 g/mol. The topological polar surface area (TPSA) is 119 Å². The fourth-order valence-electron chi connectivity index (χ4n) is 3.17. The lowest BCUT2D eigenvalue weighted by Crippen LogP contribution is -2.48. The molecule has 0 spiro atoms. The number of rotatable bonds is 8. The van der Waals surface area contributed by atoms with Gasteiger partial charge in [0.2, 0.25) is 12.2 Å². The lowest BCUT2D eigenvalue weighted by molar-refractivity contribution is -0.157. The van der Waals surface area contributed by atoms with Crippen molar-refractivity contribution >= 4 is 29.5 Å². The molecule has 0 aliphatic heterocycles. The number of aryl methyl sites for hydroxylation is 2. The average molecular weight is 479 g/mol. The summed E-state index contributed by atoms with van der Waals surface area (Å²) in [5.41, 5.74) is 1.24. The molecule has 180 valence electrons. The summed E-state index contributed by atoms with van der Waals surface area (Å²) >= 11 is 0. The number of benzene rings is 3. The highest BCUT2D eigenvalue weighted by Crippen LogP contribution is 2.18. The van der Waals surface area contributed by atoms with E-state index in [1.165, 1.54) is 42.5 Å². The number of para-hydroxylation sites is 1. The number of amides is 1. The van der Waals surface area contributed by atoms with Gasteiger partial charge >= 0.3 is 17.9 Å². The summed E-state index contributed by atoms with van der Waals surface area (Å²) in [7, 11) is 0. The first-order chi connectivity index (χ1) is 16.7. The van der Waals surface area contributed by atoms with Crippen molar-refractivity contribution in [2.45, 2.75) is 26.1 Å². The first-order valence-corrected chi connectivity index (χ1v) is 10.5. The lowest BCUT2D eigenvalue weighted by Gasteiger charge is -2.23. The molecule has 3 rings (SSSR count). The SMILES string of the molecule is Cc1cccc(C(=O)O[C@H](C(=O)Nc2ccccc2F)[C@@H](OC(=O)c2cccc(C)c2)C(=O)O)c1. The maximum Gasteiger partial charge on any atom is 0.349 e. The molecule has 0 bridgehead atoms. The number of hydrogen-bond acceptors (Lipinski definition) is 6. The predicted octanol–water partition coefficient (Wildman–Crippen LogP) is 3.92. The van der Waals surface area contributed by atoms with E-state index < -0.39 is 41.8 Å². The predicted molar refractivity (Wildman–Crippen MR) is 123 cm³/mol. The first kappa shape index (κ1) is 25.1. The van der Waals surface area contributed by atoms with Crippen LogP contribution in [0, 0.1) is 19.7 Å². The second-order valence-corrected chi connectivity index (χ2v) is 7.70. The molecule has 0 radical (unpaired) electrons. The van der Waals surface area contributed by atoms with Gasteiger partial charge in [0.25, 0.3) is 5.91 Å². The lowest BCUT2D eigenvalue weighted by atomic mass is 10.1. The van der Waals surface area contributed by atoms with E-state index >= 15 is 0 Å². The smallest absolute Gasteiger partial charge is 0.349 e. The van der Waals surface area contributed by atoms with E-state index in [-0.39, 0.29) is 16.8 Å². The number of ether oxygens (including phenoxy) is 2. The normalized spacial score (nSPS) is 12.2. The molecular weight excluding hydrogens is 457 g/mol. The van der Waals surface area contributed by atoms with E-state index in [0.29, 0.717) is 11.1 Å². The van der Waals surface area contributed by atoms with E-state index in [1.54, 1.807) is 38.1 Å². The molecule has 0 aromatic heterocycles. The van der Waals surface area contributed by atoms with Gasteiger partial charge in [-0.25, -0.2) is 18.8 Å². The summed E-state index contributed by atoms with van der Waals surface area (Å²) < 4.78 is 24.4. The van der Waals surface area contributed by atoms with Gasteiger partial charge in [-0.3, -0.25) is 4.79 Å². The molecule has 0 aliphatic rings. The second kappa shape index (κ2) is 11.1. The van der Waals surface area contributed by atoms with Crippen molar-refractivity contribution in [1.82, 2.24) is 0 Å². The maximum absolute atomic E-state index is 14.1. The van der Waals surface area contributed by atoms with Gasteiger partial charge < -0.3 is 19.9 Å². The van der Waals surface area contributed by atoms with Crippen LogP contribution >= 0.6 is 0 Å². The number of carbonyl (C=O) groups excluding carboxylic acids is 3. The second-order valence-electron chi connectivity index (χ2n) is 7.70. The molecule has 0 fully saturated rings. The van der Waals surface area contributed by atoms with Crippen molar-refractivity contribution in [2.24, 2.45) is 0 Å². The Morgan fingerprint density at radius 3 is 1.77 bits per heavy atom. The zero-order chi connectivity index (χ0) is 25.5. The van der Waals surface area contributed by atoms with Crippen LogP contribution in [0.25, 0.3) is 0 Å². The van der Waals surface area contributed by atoms with Crippen LogP contribution in [-0.2, 0) is 19.1 Å². The highest BCUT2D eigenvalue weighted by atomic mass is 19.1. The van der Waals surface area contributed by atoms with E-state index in [9.17, 15) is 28.7 Å². The molecule has 8 nitrogen and oxygen atoms in total. The van der Waals surface area contributed by atoms with Crippen LogP contribution in [0.3, 0.4) is 0 Å². The Kier molecular flexibility index (Phi) is 7.93. The summed E-state index contributed by atoms with van der Waals surface area (Å²) in [6.07, 6.45) is -4.35. The Hall–Kier alpha value is -4.53. The number of nitrogens with one attached hydrogen (secondary N) is 1. The van der Waals surface area contributed by atoms with Crippen LogP contribution in [0.5, 0.6) is 0 Å². The fraction of sp³-hybridized carbons (Fsp3) is 0.154. The molecule has 3 aromatic carbocycles. The standard InChI is InChI=1S/C26H22FNO7/c1-15-7-5-9-17(13-15)25(32)34-21(23(29)28-20-12-4-3-11-19(20)27)22(24(30)31)35-26(33)18-10-6-8-16(2)14-18/h3-14,21-22H,1-2H3,(H,28,29)(H,30,31)/t21-,22+/m0/s1. The highest BCUT2D eigenvalue weighted by molar-refractivity contribution is 6.01. The van der Waals surface area contributed by atoms with Crippen molar-refractivity contribution in [1.29, 1.82) is 0 Å². The molecule has 0 aliphatic carbocycles. The Morgan fingerprint density at radius 2 is 1.29 bits per heavy atom. The van der Waals surface area contributed by atoms with Gasteiger partial charge in [-0.1, -0.05) is 47.5 Å². The summed E-state index contributed by atoms with van der Waals surface area (Å²) in [6.45, 7) is 3.45. The van der Waals surface area contributed by atoms with Gasteiger partial charge in [0.1, 0.15) is 5.82 Å². The van der Waals surface area contributed by atoms with Crippen LogP contribution in [0.15, 0.2) is 72.8 Å². The number of anilines is 1. The molecule has 9 heteroatoms. The number of hydrogen-bond donors (Lipinski definition) is 2. The molecule has 35 heavy (non-hydrogen) atoms. The molecule has 3 aromatic rings. The Bertz CT molecular complexity index is 1270. The van der Waals surface area contributed by atoms with Crippen molar-refractivity contribution in [3.8, 4) is 0 Å². The third-order valence-electron chi connectivity index (χ3n) is 4.88. The van der Waals surface area contributed by atoms with Crippen molar-refractivity contribution in [3.63, 3.8) is 0 Å². The number of carboxylic acid groups (broad SMARTS) is 1. The Labute approximate surface area is 200 Å². The maximum atomic E-state index is 14.1. The van der Waals surface area contributed by atoms with E-state index in [1.807, 2.05) is 0 Å². The van der Waals surface area contributed by atoms with E-state index in [0.717, 1.165) is 6.07 Å². The number of esters is 2. The largest absolute Gasteiger partial charge is 0.478 e. The summed E-state index contributed by atoms with van der Waals surface area (Å²) in [6, 6.07) is 17.5. The molecule has 1 amide bonds. The van der Waals surface area contributed by atoms with Gasteiger partial charge in [-0.2, -0.15) is 0 Å². The van der Waals surface area contributed by atoms with Crippen LogP contribution in [0.4, 0.5) is 10.1 Å². The molecule has 2 atom stereocenters. The van der Waals surface area contributed by atoms with Gasteiger partial charge in [0.05, 0.1) is 16.8 Å². The zero-order valence-electron chi connectivity index (χ0n) is 18.9. The minimum Gasteiger partial charge on any atom is -0.478 e. The van der Waals surface area contributed by atoms with Crippen LogP contribution < -0.4 is 5.32 Å². The van der Waals surface area contributed by atoms with Crippen molar-refractivity contribution < 1.29 is 38.1 Å². The third-order valence-corrected chi connectivity index (χ3v) is 4.88. The molecule has 0 saturated carbocycles. The minimum atomic E-state index is -2.22. The molecule has 0 heterocycles. The molecule has 0 saturated heterocycles. The number of carbonyl (C=O) groups is 4. The van der Waals surface area contributed by atoms with E-state index in [4.69, 9.17) is 9.47 Å². The molecule has 2 N–H and O–H groups in total. The zero-order valence-corrected chi connectivity index (χ0v) is 18.9. The molecule has 0 unspecified atom stereocenters. The average Bonchev–Trinajstić information content (AvgIpc) is 2.82. The number of aliphatic carboxylic acids is 1. The quantitative estimate of drug-likeness (QED) is 0.470.